The molecular formula is C20H23NO4. The van der Waals surface area contributed by atoms with Gasteiger partial charge in [-0.1, -0.05) is 24.3 Å². The second-order valence-corrected chi connectivity index (χ2v) is 5.88. The molecule has 0 bridgehead atoms. The molecule has 2 aromatic carbocycles. The summed E-state index contributed by atoms with van der Waals surface area (Å²) in [5.41, 5.74) is 2.62. The zero-order valence-corrected chi connectivity index (χ0v) is 15.0. The highest BCUT2D eigenvalue weighted by Crippen LogP contribution is 2.24. The molecule has 0 aromatic heterocycles. The van der Waals surface area contributed by atoms with E-state index in [4.69, 9.17) is 9.47 Å². The zero-order valence-electron chi connectivity index (χ0n) is 15.0. The van der Waals surface area contributed by atoms with E-state index in [9.17, 15) is 9.59 Å². The summed E-state index contributed by atoms with van der Waals surface area (Å²) in [6.45, 7) is 3.85. The third-order valence-corrected chi connectivity index (χ3v) is 4.01. The predicted molar refractivity (Wildman–Crippen MR) is 96.1 cm³/mol. The Morgan fingerprint density at radius 3 is 2.48 bits per heavy atom. The van der Waals surface area contributed by atoms with E-state index in [0.29, 0.717) is 23.6 Å². The summed E-state index contributed by atoms with van der Waals surface area (Å²) in [6, 6.07) is 12.9. The lowest BCUT2D eigenvalue weighted by Crippen LogP contribution is -2.31. The van der Waals surface area contributed by atoms with Crippen LogP contribution in [0.2, 0.25) is 0 Å². The maximum absolute atomic E-state index is 12.3. The Hall–Kier alpha value is -2.82. The van der Waals surface area contributed by atoms with Crippen LogP contribution in [0.25, 0.3) is 0 Å². The molecule has 0 unspecified atom stereocenters. The van der Waals surface area contributed by atoms with Gasteiger partial charge in [-0.2, -0.15) is 0 Å². The van der Waals surface area contributed by atoms with Gasteiger partial charge in [0.1, 0.15) is 11.5 Å². The lowest BCUT2D eigenvalue weighted by Gasteiger charge is -2.19. The molecule has 2 aromatic rings. The summed E-state index contributed by atoms with van der Waals surface area (Å²) in [5.74, 6) is 0.648. The van der Waals surface area contributed by atoms with Gasteiger partial charge in [0.2, 0.25) is 0 Å². The molecule has 0 saturated heterocycles. The molecule has 0 heterocycles. The molecule has 0 fully saturated rings. The van der Waals surface area contributed by atoms with Crippen molar-refractivity contribution in [2.45, 2.75) is 20.4 Å². The van der Waals surface area contributed by atoms with E-state index in [2.05, 4.69) is 0 Å². The van der Waals surface area contributed by atoms with Crippen LogP contribution in [0, 0.1) is 6.92 Å². The average molecular weight is 341 g/mol. The van der Waals surface area contributed by atoms with Gasteiger partial charge < -0.3 is 14.4 Å². The van der Waals surface area contributed by atoms with Crippen molar-refractivity contribution in [3.63, 3.8) is 0 Å². The first-order valence-electron chi connectivity index (χ1n) is 8.02. The Kier molecular flexibility index (Phi) is 6.17. The molecule has 0 aliphatic carbocycles. The average Bonchev–Trinajstić information content (AvgIpc) is 2.61. The largest absolute Gasteiger partial charge is 0.497 e. The van der Waals surface area contributed by atoms with Crippen LogP contribution in [-0.2, 0) is 11.3 Å². The van der Waals surface area contributed by atoms with Gasteiger partial charge in [0.25, 0.3) is 5.91 Å². The number of benzene rings is 2. The molecule has 0 aliphatic heterocycles. The smallest absolute Gasteiger partial charge is 0.260 e. The van der Waals surface area contributed by atoms with E-state index >= 15 is 0 Å². The summed E-state index contributed by atoms with van der Waals surface area (Å²) < 4.78 is 10.7. The van der Waals surface area contributed by atoms with Crippen molar-refractivity contribution in [3.8, 4) is 11.5 Å². The number of likely N-dealkylation sites (N-methyl/N-ethyl adjacent to an activating group) is 1. The van der Waals surface area contributed by atoms with Crippen molar-refractivity contribution in [3.05, 3.63) is 59.2 Å². The molecule has 1 amide bonds. The minimum absolute atomic E-state index is 0.130. The number of hydrogen-bond donors (Lipinski definition) is 0. The highest BCUT2D eigenvalue weighted by Gasteiger charge is 2.15. The molecule has 0 aliphatic rings. The first-order chi connectivity index (χ1) is 11.9. The number of amides is 1. The summed E-state index contributed by atoms with van der Waals surface area (Å²) >= 11 is 0. The van der Waals surface area contributed by atoms with Gasteiger partial charge in [-0.3, -0.25) is 9.59 Å². The van der Waals surface area contributed by atoms with E-state index < -0.39 is 0 Å². The number of nitrogens with zero attached hydrogens (tertiary/aromatic N) is 1. The first kappa shape index (κ1) is 18.5. The third-order valence-electron chi connectivity index (χ3n) is 4.01. The molecule has 25 heavy (non-hydrogen) atoms. The van der Waals surface area contributed by atoms with Crippen LogP contribution in [0.4, 0.5) is 0 Å². The topological polar surface area (TPSA) is 55.8 Å². The van der Waals surface area contributed by atoms with Crippen LogP contribution in [0.3, 0.4) is 0 Å². The first-order valence-corrected chi connectivity index (χ1v) is 8.02. The molecule has 0 N–H and O–H groups in total. The van der Waals surface area contributed by atoms with Gasteiger partial charge in [-0.25, -0.2) is 0 Å². The number of methoxy groups -OCH3 is 1. The highest BCUT2D eigenvalue weighted by atomic mass is 16.5. The van der Waals surface area contributed by atoms with Crippen LogP contribution < -0.4 is 9.47 Å². The quantitative estimate of drug-likeness (QED) is 0.726. The summed E-state index contributed by atoms with van der Waals surface area (Å²) in [5, 5.41) is 0. The number of hydrogen-bond acceptors (Lipinski definition) is 4. The number of aryl methyl sites for hydroxylation is 1. The van der Waals surface area contributed by atoms with Crippen molar-refractivity contribution < 1.29 is 19.1 Å². The SMILES string of the molecule is COc1ccc(OCC(=O)N(C)Cc2ccccc2C)c(C(C)=O)c1. The highest BCUT2D eigenvalue weighted by molar-refractivity contribution is 5.97. The van der Waals surface area contributed by atoms with E-state index in [1.165, 1.54) is 14.0 Å². The monoisotopic (exact) mass is 341 g/mol. The minimum Gasteiger partial charge on any atom is -0.497 e. The van der Waals surface area contributed by atoms with Crippen LogP contribution in [0.15, 0.2) is 42.5 Å². The van der Waals surface area contributed by atoms with E-state index in [1.54, 1.807) is 30.1 Å². The molecule has 2 rings (SSSR count). The number of Topliss-reactive ketones (excluding diaryl/α,β-unsaturated/α-hetero) is 1. The molecule has 0 atom stereocenters. The van der Waals surface area contributed by atoms with Crippen LogP contribution in [0.1, 0.15) is 28.4 Å². The Morgan fingerprint density at radius 1 is 1.12 bits per heavy atom. The maximum atomic E-state index is 12.3. The number of ketones is 1. The van der Waals surface area contributed by atoms with E-state index in [0.717, 1.165) is 11.1 Å². The number of carbonyl (C=O) groups is 2. The molecular weight excluding hydrogens is 318 g/mol. The van der Waals surface area contributed by atoms with E-state index in [-0.39, 0.29) is 18.3 Å². The summed E-state index contributed by atoms with van der Waals surface area (Å²) in [4.78, 5) is 25.7. The van der Waals surface area contributed by atoms with Crippen LogP contribution in [-0.4, -0.2) is 37.4 Å². The Bertz CT molecular complexity index is 770. The third kappa shape index (κ3) is 4.83. The summed E-state index contributed by atoms with van der Waals surface area (Å²) in [6.07, 6.45) is 0. The lowest BCUT2D eigenvalue weighted by molar-refractivity contribution is -0.132. The zero-order chi connectivity index (χ0) is 18.4. The Balaban J connectivity index is 2.02. The molecule has 132 valence electrons. The lowest BCUT2D eigenvalue weighted by atomic mass is 10.1. The fourth-order valence-electron chi connectivity index (χ4n) is 2.42. The van der Waals surface area contributed by atoms with Crippen molar-refractivity contribution in [2.24, 2.45) is 0 Å². The molecule has 5 nitrogen and oxygen atoms in total. The second-order valence-electron chi connectivity index (χ2n) is 5.88. The summed E-state index contributed by atoms with van der Waals surface area (Å²) in [7, 11) is 3.27. The van der Waals surface area contributed by atoms with Gasteiger partial charge in [-0.05, 0) is 43.2 Å². The molecule has 0 radical (unpaired) electrons. The number of ether oxygens (including phenoxy) is 2. The fourth-order valence-corrected chi connectivity index (χ4v) is 2.42. The minimum atomic E-state index is -0.159. The molecule has 0 saturated carbocycles. The van der Waals surface area contributed by atoms with Crippen LogP contribution in [0.5, 0.6) is 11.5 Å². The molecule has 0 spiro atoms. The van der Waals surface area contributed by atoms with Gasteiger partial charge >= 0.3 is 0 Å². The predicted octanol–water partition coefficient (Wildman–Crippen LogP) is 3.24. The normalized spacial score (nSPS) is 10.2. The van der Waals surface area contributed by atoms with Crippen molar-refractivity contribution in [2.75, 3.05) is 20.8 Å². The number of rotatable bonds is 7. The van der Waals surface area contributed by atoms with Gasteiger partial charge in [0.15, 0.2) is 12.4 Å². The fraction of sp³-hybridized carbons (Fsp3) is 0.300. The van der Waals surface area contributed by atoms with Crippen molar-refractivity contribution in [1.29, 1.82) is 0 Å². The Morgan fingerprint density at radius 2 is 1.84 bits per heavy atom. The maximum Gasteiger partial charge on any atom is 0.260 e. The van der Waals surface area contributed by atoms with Gasteiger partial charge in [0.05, 0.1) is 12.7 Å². The standard InChI is InChI=1S/C20H23NO4/c1-14-7-5-6-8-16(14)12-21(3)20(23)13-25-19-10-9-17(24-4)11-18(19)15(2)22/h5-11H,12-13H2,1-4H3. The van der Waals surface area contributed by atoms with Gasteiger partial charge in [0, 0.05) is 13.6 Å². The van der Waals surface area contributed by atoms with Crippen molar-refractivity contribution >= 4 is 11.7 Å². The second kappa shape index (κ2) is 8.33. The van der Waals surface area contributed by atoms with Crippen LogP contribution >= 0.6 is 0 Å². The Labute approximate surface area is 148 Å². The van der Waals surface area contributed by atoms with Crippen molar-refractivity contribution in [1.82, 2.24) is 4.90 Å². The molecule has 5 heteroatoms. The van der Waals surface area contributed by atoms with E-state index in [1.807, 2.05) is 31.2 Å². The number of carbonyl (C=O) groups excluding carboxylic acids is 2. The van der Waals surface area contributed by atoms with Gasteiger partial charge in [-0.15, -0.1) is 0 Å².